The molecule has 0 nitrogen and oxygen atoms in total. The minimum Gasteiger partial charge on any atom is -0.178 e. The highest BCUT2D eigenvalue weighted by atomic mass is 79.9. The Labute approximate surface area is 85.3 Å². The van der Waals surface area contributed by atoms with Crippen LogP contribution < -0.4 is 0 Å². The number of hydrogen-bond donors (Lipinski definition) is 1. The largest absolute Gasteiger partial charge is 0.178 e. The molecule has 1 aromatic rings. The van der Waals surface area contributed by atoms with Crippen LogP contribution in [0, 0.1) is 0 Å². The molecule has 0 spiro atoms. The molecule has 1 aromatic carbocycles. The maximum atomic E-state index is 4.14. The van der Waals surface area contributed by atoms with Crippen LogP contribution in [0.2, 0.25) is 0 Å². The van der Waals surface area contributed by atoms with Crippen molar-refractivity contribution in [1.82, 2.24) is 0 Å². The van der Waals surface area contributed by atoms with Gasteiger partial charge in [-0.2, -0.15) is 12.6 Å². The SMILES string of the molecule is SCCSc1cccc(Br)c1. The number of thioether (sulfide) groups is 1. The van der Waals surface area contributed by atoms with Crippen molar-refractivity contribution in [2.75, 3.05) is 11.5 Å². The van der Waals surface area contributed by atoms with Crippen molar-refractivity contribution in [3.63, 3.8) is 0 Å². The molecule has 0 N–H and O–H groups in total. The highest BCUT2D eigenvalue weighted by molar-refractivity contribution is 9.10. The molecule has 0 heterocycles. The van der Waals surface area contributed by atoms with Gasteiger partial charge in [0.15, 0.2) is 0 Å². The smallest absolute Gasteiger partial charge is 0.0186 e. The van der Waals surface area contributed by atoms with Crippen molar-refractivity contribution in [2.45, 2.75) is 4.90 Å². The van der Waals surface area contributed by atoms with Gasteiger partial charge in [0.05, 0.1) is 0 Å². The molecular weight excluding hydrogens is 240 g/mol. The van der Waals surface area contributed by atoms with Crippen LogP contribution in [0.4, 0.5) is 0 Å². The molecule has 1 rings (SSSR count). The van der Waals surface area contributed by atoms with E-state index < -0.39 is 0 Å². The fourth-order valence-electron chi connectivity index (χ4n) is 0.720. The lowest BCUT2D eigenvalue weighted by atomic mass is 10.4. The normalized spacial score (nSPS) is 10.0. The molecule has 60 valence electrons. The zero-order valence-corrected chi connectivity index (χ0v) is 9.25. The van der Waals surface area contributed by atoms with Gasteiger partial charge in [0, 0.05) is 15.1 Å². The first-order valence-corrected chi connectivity index (χ1v) is 5.73. The number of hydrogen-bond acceptors (Lipinski definition) is 2. The number of rotatable bonds is 3. The Bertz CT molecular complexity index is 225. The van der Waals surface area contributed by atoms with E-state index in [4.69, 9.17) is 0 Å². The first-order valence-electron chi connectivity index (χ1n) is 3.32. The van der Waals surface area contributed by atoms with Gasteiger partial charge in [0.25, 0.3) is 0 Å². The fourth-order valence-corrected chi connectivity index (χ4v) is 2.26. The molecular formula is C8H9BrS2. The van der Waals surface area contributed by atoms with Gasteiger partial charge in [-0.15, -0.1) is 11.8 Å². The summed E-state index contributed by atoms with van der Waals surface area (Å²) in [5.41, 5.74) is 0. The highest BCUT2D eigenvalue weighted by Gasteiger charge is 1.92. The van der Waals surface area contributed by atoms with Gasteiger partial charge in [-0.25, -0.2) is 0 Å². The van der Waals surface area contributed by atoms with Crippen molar-refractivity contribution in [3.8, 4) is 0 Å². The maximum Gasteiger partial charge on any atom is 0.0186 e. The summed E-state index contributed by atoms with van der Waals surface area (Å²) in [6.07, 6.45) is 0. The van der Waals surface area contributed by atoms with Gasteiger partial charge < -0.3 is 0 Å². The van der Waals surface area contributed by atoms with Crippen molar-refractivity contribution >= 4 is 40.3 Å². The van der Waals surface area contributed by atoms with Crippen LogP contribution in [0.1, 0.15) is 0 Å². The monoisotopic (exact) mass is 248 g/mol. The highest BCUT2D eigenvalue weighted by Crippen LogP contribution is 2.21. The molecule has 0 saturated carbocycles. The van der Waals surface area contributed by atoms with Gasteiger partial charge in [0.2, 0.25) is 0 Å². The summed E-state index contributed by atoms with van der Waals surface area (Å²) in [5.74, 6) is 2.00. The minimum atomic E-state index is 0.928. The predicted octanol–water partition coefficient (Wildman–Crippen LogP) is 3.47. The zero-order valence-electron chi connectivity index (χ0n) is 5.96. The molecule has 0 unspecified atom stereocenters. The average molecular weight is 249 g/mol. The molecule has 0 bridgehead atoms. The van der Waals surface area contributed by atoms with E-state index in [9.17, 15) is 0 Å². The van der Waals surface area contributed by atoms with Crippen molar-refractivity contribution < 1.29 is 0 Å². The molecule has 0 radical (unpaired) electrons. The molecule has 0 aliphatic rings. The lowest BCUT2D eigenvalue weighted by molar-refractivity contribution is 1.42. The molecule has 0 amide bonds. The second-order valence-corrected chi connectivity index (χ2v) is 4.56. The average Bonchev–Trinajstić information content (AvgIpc) is 2.01. The third-order valence-corrected chi connectivity index (χ3v) is 3.17. The van der Waals surface area contributed by atoms with Crippen molar-refractivity contribution in [1.29, 1.82) is 0 Å². The van der Waals surface area contributed by atoms with Gasteiger partial charge in [-0.1, -0.05) is 22.0 Å². The van der Waals surface area contributed by atoms with Crippen LogP contribution in [0.3, 0.4) is 0 Å². The minimum absolute atomic E-state index is 0.928. The predicted molar refractivity (Wildman–Crippen MR) is 58.7 cm³/mol. The van der Waals surface area contributed by atoms with Crippen LogP contribution in [0.25, 0.3) is 0 Å². The summed E-state index contributed by atoms with van der Waals surface area (Å²) in [6.45, 7) is 0. The molecule has 11 heavy (non-hydrogen) atoms. The van der Waals surface area contributed by atoms with E-state index in [1.54, 1.807) is 0 Å². The van der Waals surface area contributed by atoms with Crippen LogP contribution in [-0.2, 0) is 0 Å². The summed E-state index contributed by atoms with van der Waals surface area (Å²) < 4.78 is 1.14. The summed E-state index contributed by atoms with van der Waals surface area (Å²) >= 11 is 9.39. The molecule has 3 heteroatoms. The summed E-state index contributed by atoms with van der Waals surface area (Å²) in [4.78, 5) is 1.30. The Morgan fingerprint density at radius 3 is 2.91 bits per heavy atom. The Morgan fingerprint density at radius 1 is 1.45 bits per heavy atom. The van der Waals surface area contributed by atoms with Gasteiger partial charge in [-0.3, -0.25) is 0 Å². The van der Waals surface area contributed by atoms with Crippen LogP contribution in [0.5, 0.6) is 0 Å². The summed E-state index contributed by atoms with van der Waals surface area (Å²) in [5, 5.41) is 0. The van der Waals surface area contributed by atoms with E-state index in [0.717, 1.165) is 16.0 Å². The Hall–Kier alpha value is 0.400. The van der Waals surface area contributed by atoms with Gasteiger partial charge in [0.1, 0.15) is 0 Å². The Kier molecular flexibility index (Phi) is 4.41. The lowest BCUT2D eigenvalue weighted by Crippen LogP contribution is -1.78. The van der Waals surface area contributed by atoms with E-state index in [0.29, 0.717) is 0 Å². The number of halogens is 1. The number of benzene rings is 1. The molecule has 0 saturated heterocycles. The van der Waals surface area contributed by atoms with Crippen LogP contribution >= 0.6 is 40.3 Å². The van der Waals surface area contributed by atoms with E-state index in [1.165, 1.54) is 4.90 Å². The third-order valence-electron chi connectivity index (χ3n) is 1.16. The quantitative estimate of drug-likeness (QED) is 0.632. The Balaban J connectivity index is 2.56. The molecule has 0 aliphatic carbocycles. The lowest BCUT2D eigenvalue weighted by Gasteiger charge is -1.98. The van der Waals surface area contributed by atoms with Gasteiger partial charge in [-0.05, 0) is 24.0 Å². The standard InChI is InChI=1S/C8H9BrS2/c9-7-2-1-3-8(6-7)11-5-4-10/h1-3,6,10H,4-5H2. The summed E-state index contributed by atoms with van der Waals surface area (Å²) in [6, 6.07) is 8.31. The second-order valence-electron chi connectivity index (χ2n) is 2.03. The Morgan fingerprint density at radius 2 is 2.27 bits per heavy atom. The molecule has 0 fully saturated rings. The van der Waals surface area contributed by atoms with Crippen LogP contribution in [-0.4, -0.2) is 11.5 Å². The second kappa shape index (κ2) is 5.12. The van der Waals surface area contributed by atoms with Crippen molar-refractivity contribution in [2.24, 2.45) is 0 Å². The van der Waals surface area contributed by atoms with Gasteiger partial charge >= 0.3 is 0 Å². The zero-order chi connectivity index (χ0) is 8.10. The maximum absolute atomic E-state index is 4.14. The molecule has 0 aromatic heterocycles. The van der Waals surface area contributed by atoms with Crippen LogP contribution in [0.15, 0.2) is 33.6 Å². The number of thiol groups is 1. The summed E-state index contributed by atoms with van der Waals surface area (Å²) in [7, 11) is 0. The van der Waals surface area contributed by atoms with E-state index in [-0.39, 0.29) is 0 Å². The topological polar surface area (TPSA) is 0 Å². The third kappa shape index (κ3) is 3.54. The first kappa shape index (κ1) is 9.49. The van der Waals surface area contributed by atoms with E-state index in [2.05, 4.69) is 40.7 Å². The van der Waals surface area contributed by atoms with E-state index in [1.807, 2.05) is 23.9 Å². The van der Waals surface area contributed by atoms with E-state index >= 15 is 0 Å². The first-order chi connectivity index (χ1) is 5.33. The molecule has 0 atom stereocenters. The molecule has 0 aliphatic heterocycles. The fraction of sp³-hybridized carbons (Fsp3) is 0.250. The van der Waals surface area contributed by atoms with Crippen molar-refractivity contribution in [3.05, 3.63) is 28.7 Å².